The zero-order valence-electron chi connectivity index (χ0n) is 24.0. The molecule has 42 heavy (non-hydrogen) atoms. The standard InChI is InChI=1S/C28H39N3O3S.C2HF3O2/c1-21(2)23-11-13-26(14-12-23)30-35(33,34)27-10-6-9-24(19-27)28(32)29-25-15-17-31(18-16-25)20-22-7-4-3-5-8-22;3-2(4,5)1(6)7/h6,9-14,19,21-22,25,30H,3-5,7-8,15-18,20H2,1-2H3,(H,29,32);(H,6,7). The van der Waals surface area contributed by atoms with Gasteiger partial charge < -0.3 is 15.3 Å². The van der Waals surface area contributed by atoms with Crippen LogP contribution < -0.4 is 10.0 Å². The fourth-order valence-electron chi connectivity index (χ4n) is 5.22. The number of hydrogen-bond acceptors (Lipinski definition) is 5. The summed E-state index contributed by atoms with van der Waals surface area (Å²) < 4.78 is 60.2. The summed E-state index contributed by atoms with van der Waals surface area (Å²) in [4.78, 5) is 24.4. The lowest BCUT2D eigenvalue weighted by molar-refractivity contribution is -0.192. The number of aliphatic carboxylic acids is 1. The number of amides is 1. The third-order valence-corrected chi connectivity index (χ3v) is 9.02. The van der Waals surface area contributed by atoms with Gasteiger partial charge in [-0.2, -0.15) is 13.2 Å². The van der Waals surface area contributed by atoms with Crippen molar-refractivity contribution in [2.45, 2.75) is 81.8 Å². The Morgan fingerprint density at radius 1 is 0.976 bits per heavy atom. The fourth-order valence-corrected chi connectivity index (χ4v) is 6.32. The Labute approximate surface area is 245 Å². The number of halogens is 3. The Morgan fingerprint density at radius 3 is 2.12 bits per heavy atom. The third kappa shape index (κ3) is 10.3. The number of likely N-dealkylation sites (tertiary alicyclic amines) is 1. The molecule has 8 nitrogen and oxygen atoms in total. The van der Waals surface area contributed by atoms with E-state index in [4.69, 9.17) is 9.90 Å². The van der Waals surface area contributed by atoms with Crippen molar-refractivity contribution in [1.82, 2.24) is 10.2 Å². The molecule has 1 saturated carbocycles. The van der Waals surface area contributed by atoms with Crippen LogP contribution in [0.1, 0.15) is 80.6 Å². The summed E-state index contributed by atoms with van der Waals surface area (Å²) in [5.74, 6) is -1.76. The number of nitrogens with zero attached hydrogens (tertiary/aromatic N) is 1. The molecule has 1 amide bonds. The maximum absolute atomic E-state index is 12.9. The Bertz CT molecular complexity index is 1290. The normalized spacial score (nSPS) is 17.3. The highest BCUT2D eigenvalue weighted by Gasteiger charge is 2.38. The third-order valence-electron chi connectivity index (χ3n) is 7.64. The zero-order chi connectivity index (χ0) is 30.9. The van der Waals surface area contributed by atoms with Crippen LogP contribution in [0, 0.1) is 5.92 Å². The van der Waals surface area contributed by atoms with Gasteiger partial charge in [-0.1, -0.05) is 51.3 Å². The molecule has 1 aliphatic heterocycles. The molecule has 2 aromatic carbocycles. The molecule has 1 saturated heterocycles. The van der Waals surface area contributed by atoms with Crippen LogP contribution in [0.5, 0.6) is 0 Å². The van der Waals surface area contributed by atoms with Gasteiger partial charge in [-0.25, -0.2) is 13.2 Å². The monoisotopic (exact) mass is 611 g/mol. The van der Waals surface area contributed by atoms with Crippen molar-refractivity contribution in [3.63, 3.8) is 0 Å². The highest BCUT2D eigenvalue weighted by molar-refractivity contribution is 7.92. The van der Waals surface area contributed by atoms with Gasteiger partial charge in [0, 0.05) is 36.9 Å². The number of piperidine rings is 1. The SMILES string of the molecule is CC(C)c1ccc(NS(=O)(=O)c2cccc(C(=O)NC3CCN(CC4CCCCC4)CC3)c2)cc1.O=C(O)C(F)(F)F. The van der Waals surface area contributed by atoms with E-state index < -0.39 is 22.2 Å². The van der Waals surface area contributed by atoms with Crippen molar-refractivity contribution in [2.75, 3.05) is 24.4 Å². The average molecular weight is 612 g/mol. The predicted octanol–water partition coefficient (Wildman–Crippen LogP) is 6.02. The van der Waals surface area contributed by atoms with E-state index in [2.05, 4.69) is 28.8 Å². The molecule has 0 bridgehead atoms. The molecule has 0 radical (unpaired) electrons. The van der Waals surface area contributed by atoms with Crippen LogP contribution in [-0.4, -0.2) is 62.2 Å². The van der Waals surface area contributed by atoms with E-state index in [9.17, 15) is 26.4 Å². The predicted molar refractivity (Wildman–Crippen MR) is 155 cm³/mol. The summed E-state index contributed by atoms with van der Waals surface area (Å²) in [7, 11) is -3.79. The molecule has 4 rings (SSSR count). The maximum atomic E-state index is 12.9. The molecule has 0 aromatic heterocycles. The van der Waals surface area contributed by atoms with Crippen LogP contribution in [-0.2, 0) is 14.8 Å². The van der Waals surface area contributed by atoms with Gasteiger partial charge in [-0.3, -0.25) is 9.52 Å². The second kappa shape index (κ2) is 14.9. The first-order valence-corrected chi connectivity index (χ1v) is 15.8. The van der Waals surface area contributed by atoms with E-state index in [0.717, 1.165) is 37.4 Å². The Hall–Kier alpha value is -3.12. The van der Waals surface area contributed by atoms with Crippen molar-refractivity contribution in [3.05, 3.63) is 59.7 Å². The number of benzene rings is 2. The summed E-state index contributed by atoms with van der Waals surface area (Å²) in [5.41, 5.74) is 2.02. The van der Waals surface area contributed by atoms with Crippen LogP contribution in [0.4, 0.5) is 18.9 Å². The quantitative estimate of drug-likeness (QED) is 0.336. The Morgan fingerprint density at radius 2 is 1.57 bits per heavy atom. The molecule has 232 valence electrons. The van der Waals surface area contributed by atoms with Gasteiger partial charge in [0.15, 0.2) is 0 Å². The van der Waals surface area contributed by atoms with E-state index in [1.165, 1.54) is 50.8 Å². The number of rotatable bonds is 8. The number of alkyl halides is 3. The van der Waals surface area contributed by atoms with Gasteiger partial charge in [-0.05, 0) is 73.4 Å². The number of carbonyl (C=O) groups excluding carboxylic acids is 1. The number of anilines is 1. The smallest absolute Gasteiger partial charge is 0.475 e. The number of carbonyl (C=O) groups is 2. The lowest BCUT2D eigenvalue weighted by atomic mass is 9.88. The molecule has 3 N–H and O–H groups in total. The molecule has 2 fully saturated rings. The highest BCUT2D eigenvalue weighted by atomic mass is 32.2. The molecular formula is C30H40F3N3O5S. The molecule has 2 aliphatic rings. The molecule has 0 spiro atoms. The molecule has 0 unspecified atom stereocenters. The van der Waals surface area contributed by atoms with Crippen LogP contribution in [0.15, 0.2) is 53.4 Å². The van der Waals surface area contributed by atoms with Crippen molar-refractivity contribution in [1.29, 1.82) is 0 Å². The molecular weight excluding hydrogens is 571 g/mol. The van der Waals surface area contributed by atoms with Gasteiger partial charge in [-0.15, -0.1) is 0 Å². The lowest BCUT2D eigenvalue weighted by Crippen LogP contribution is -2.46. The number of sulfonamides is 1. The van der Waals surface area contributed by atoms with Crippen molar-refractivity contribution in [3.8, 4) is 0 Å². The van der Waals surface area contributed by atoms with Crippen molar-refractivity contribution < 1.29 is 36.3 Å². The van der Waals surface area contributed by atoms with Crippen molar-refractivity contribution in [2.24, 2.45) is 5.92 Å². The number of carboxylic acids is 1. The molecule has 0 atom stereocenters. The van der Waals surface area contributed by atoms with Crippen LogP contribution in [0.3, 0.4) is 0 Å². The summed E-state index contributed by atoms with van der Waals surface area (Å²) in [6.45, 7) is 7.39. The topological polar surface area (TPSA) is 116 Å². The van der Waals surface area contributed by atoms with Gasteiger partial charge >= 0.3 is 12.1 Å². The van der Waals surface area contributed by atoms with Crippen molar-refractivity contribution >= 4 is 27.6 Å². The number of nitrogens with one attached hydrogen (secondary N) is 2. The first kappa shape index (κ1) is 33.4. The fraction of sp³-hybridized carbons (Fsp3) is 0.533. The van der Waals surface area contributed by atoms with E-state index in [-0.39, 0.29) is 16.8 Å². The first-order valence-electron chi connectivity index (χ1n) is 14.3. The second-order valence-electron chi connectivity index (χ2n) is 11.3. The molecule has 12 heteroatoms. The Balaban J connectivity index is 0.000000616. The summed E-state index contributed by atoms with van der Waals surface area (Å²) in [6, 6.07) is 13.8. The van der Waals surface area contributed by atoms with Gasteiger partial charge in [0.25, 0.3) is 15.9 Å². The zero-order valence-corrected chi connectivity index (χ0v) is 24.8. The molecule has 1 aliphatic carbocycles. The minimum Gasteiger partial charge on any atom is -0.475 e. The van der Waals surface area contributed by atoms with Gasteiger partial charge in [0.05, 0.1) is 4.90 Å². The van der Waals surface area contributed by atoms with E-state index in [1.54, 1.807) is 24.3 Å². The second-order valence-corrected chi connectivity index (χ2v) is 12.9. The maximum Gasteiger partial charge on any atom is 0.490 e. The van der Waals surface area contributed by atoms with Gasteiger partial charge in [0.2, 0.25) is 0 Å². The lowest BCUT2D eigenvalue weighted by Gasteiger charge is -2.35. The van der Waals surface area contributed by atoms with Gasteiger partial charge in [0.1, 0.15) is 0 Å². The number of carboxylic acid groups (broad SMARTS) is 1. The summed E-state index contributed by atoms with van der Waals surface area (Å²) in [6.07, 6.45) is 3.61. The van der Waals surface area contributed by atoms with Crippen LogP contribution in [0.25, 0.3) is 0 Å². The first-order chi connectivity index (χ1) is 19.7. The summed E-state index contributed by atoms with van der Waals surface area (Å²) in [5, 5.41) is 10.2. The molecule has 1 heterocycles. The van der Waals surface area contributed by atoms with Crippen LogP contribution in [0.2, 0.25) is 0 Å². The Kier molecular flexibility index (Phi) is 11.8. The summed E-state index contributed by atoms with van der Waals surface area (Å²) >= 11 is 0. The largest absolute Gasteiger partial charge is 0.490 e. The van der Waals surface area contributed by atoms with E-state index >= 15 is 0 Å². The van der Waals surface area contributed by atoms with E-state index in [0.29, 0.717) is 17.2 Å². The highest BCUT2D eigenvalue weighted by Crippen LogP contribution is 2.26. The number of hydrogen-bond donors (Lipinski definition) is 3. The van der Waals surface area contributed by atoms with Crippen LogP contribution >= 0.6 is 0 Å². The van der Waals surface area contributed by atoms with E-state index in [1.807, 2.05) is 12.1 Å². The molecule has 2 aromatic rings. The minimum atomic E-state index is -5.08. The average Bonchev–Trinajstić information content (AvgIpc) is 2.94. The minimum absolute atomic E-state index is 0.0837.